The van der Waals surface area contributed by atoms with Gasteiger partial charge in [0.1, 0.15) is 6.67 Å². The molecule has 0 atom stereocenters. The van der Waals surface area contributed by atoms with Crippen LogP contribution in [0, 0.1) is 10.1 Å². The standard InChI is InChI=1S/C11H8FNO2/c12-7-9-6-10(13(14)15)5-8-3-1-2-4-11(8)9/h1-6H,7H2. The summed E-state index contributed by atoms with van der Waals surface area (Å²) in [5, 5.41) is 12.0. The molecule has 4 heteroatoms. The summed E-state index contributed by atoms with van der Waals surface area (Å²) in [6, 6.07) is 9.79. The van der Waals surface area contributed by atoms with Gasteiger partial charge in [0, 0.05) is 12.1 Å². The van der Waals surface area contributed by atoms with Crippen LogP contribution in [0.1, 0.15) is 5.56 Å². The first kappa shape index (κ1) is 9.58. The Balaban J connectivity index is 2.77. The van der Waals surface area contributed by atoms with Crippen molar-refractivity contribution in [2.45, 2.75) is 6.67 Å². The number of hydrogen-bond acceptors (Lipinski definition) is 2. The summed E-state index contributed by atoms with van der Waals surface area (Å²) >= 11 is 0. The first-order valence-electron chi connectivity index (χ1n) is 4.44. The second-order valence-electron chi connectivity index (χ2n) is 3.22. The maximum atomic E-state index is 12.7. The topological polar surface area (TPSA) is 43.1 Å². The highest BCUT2D eigenvalue weighted by Crippen LogP contribution is 2.25. The van der Waals surface area contributed by atoms with Gasteiger partial charge in [0.25, 0.3) is 5.69 Å². The average Bonchev–Trinajstić information content (AvgIpc) is 2.27. The number of alkyl halides is 1. The van der Waals surface area contributed by atoms with E-state index in [4.69, 9.17) is 0 Å². The summed E-state index contributed by atoms with van der Waals surface area (Å²) in [5.74, 6) is 0. The predicted octanol–water partition coefficient (Wildman–Crippen LogP) is 3.22. The van der Waals surface area contributed by atoms with Gasteiger partial charge < -0.3 is 0 Å². The lowest BCUT2D eigenvalue weighted by Crippen LogP contribution is -1.91. The Morgan fingerprint density at radius 1 is 1.27 bits per heavy atom. The van der Waals surface area contributed by atoms with E-state index < -0.39 is 11.6 Å². The molecule has 0 N–H and O–H groups in total. The van der Waals surface area contributed by atoms with Crippen molar-refractivity contribution in [3.05, 3.63) is 52.1 Å². The Hall–Kier alpha value is -1.97. The highest BCUT2D eigenvalue weighted by molar-refractivity contribution is 5.87. The van der Waals surface area contributed by atoms with E-state index in [0.717, 1.165) is 5.39 Å². The third-order valence-electron chi connectivity index (χ3n) is 2.29. The van der Waals surface area contributed by atoms with Crippen LogP contribution in [0.25, 0.3) is 10.8 Å². The van der Waals surface area contributed by atoms with Crippen LogP contribution >= 0.6 is 0 Å². The molecule has 76 valence electrons. The van der Waals surface area contributed by atoms with Gasteiger partial charge in [0.2, 0.25) is 0 Å². The first-order chi connectivity index (χ1) is 7.22. The molecule has 0 unspecified atom stereocenters. The molecular formula is C11H8FNO2. The van der Waals surface area contributed by atoms with Crippen LogP contribution in [0.15, 0.2) is 36.4 Å². The SMILES string of the molecule is O=[N+]([O-])c1cc(CF)c2ccccc2c1. The van der Waals surface area contributed by atoms with Gasteiger partial charge in [-0.2, -0.15) is 0 Å². The van der Waals surface area contributed by atoms with Crippen molar-refractivity contribution < 1.29 is 9.31 Å². The smallest absolute Gasteiger partial charge is 0.258 e. The van der Waals surface area contributed by atoms with E-state index in [0.29, 0.717) is 10.9 Å². The average molecular weight is 205 g/mol. The molecule has 15 heavy (non-hydrogen) atoms. The monoisotopic (exact) mass is 205 g/mol. The van der Waals surface area contributed by atoms with Crippen LogP contribution < -0.4 is 0 Å². The van der Waals surface area contributed by atoms with Crippen molar-refractivity contribution in [2.24, 2.45) is 0 Å². The minimum Gasteiger partial charge on any atom is -0.258 e. The fourth-order valence-electron chi connectivity index (χ4n) is 1.59. The lowest BCUT2D eigenvalue weighted by Gasteiger charge is -2.02. The van der Waals surface area contributed by atoms with E-state index in [1.165, 1.54) is 12.1 Å². The van der Waals surface area contributed by atoms with Crippen molar-refractivity contribution in [3.8, 4) is 0 Å². The molecule has 0 fully saturated rings. The summed E-state index contributed by atoms with van der Waals surface area (Å²) in [7, 11) is 0. The Morgan fingerprint density at radius 3 is 2.67 bits per heavy atom. The molecule has 0 aromatic heterocycles. The first-order valence-corrected chi connectivity index (χ1v) is 4.44. The zero-order valence-electron chi connectivity index (χ0n) is 7.81. The van der Waals surface area contributed by atoms with E-state index in [2.05, 4.69) is 0 Å². The molecule has 0 amide bonds. The number of nitro groups is 1. The summed E-state index contributed by atoms with van der Waals surface area (Å²) < 4.78 is 12.7. The molecule has 0 saturated carbocycles. The molecular weight excluding hydrogens is 197 g/mol. The number of non-ortho nitro benzene ring substituents is 1. The molecule has 2 aromatic carbocycles. The summed E-state index contributed by atoms with van der Waals surface area (Å²) in [5.41, 5.74) is 0.293. The van der Waals surface area contributed by atoms with Crippen LogP contribution in [-0.2, 0) is 6.67 Å². The van der Waals surface area contributed by atoms with Crippen LogP contribution in [0.4, 0.5) is 10.1 Å². The number of benzene rings is 2. The normalized spacial score (nSPS) is 10.5. The Labute approximate surface area is 85.3 Å². The highest BCUT2D eigenvalue weighted by Gasteiger charge is 2.10. The quantitative estimate of drug-likeness (QED) is 0.558. The number of nitro benzene ring substituents is 1. The highest BCUT2D eigenvalue weighted by atomic mass is 19.1. The van der Waals surface area contributed by atoms with Gasteiger partial charge in [-0.1, -0.05) is 24.3 Å². The Bertz CT molecular complexity index is 525. The third kappa shape index (κ3) is 1.66. The summed E-state index contributed by atoms with van der Waals surface area (Å²) in [6.45, 7) is -0.692. The van der Waals surface area contributed by atoms with Crippen molar-refractivity contribution in [2.75, 3.05) is 0 Å². The zero-order valence-corrected chi connectivity index (χ0v) is 7.81. The molecule has 0 radical (unpaired) electrons. The van der Waals surface area contributed by atoms with Gasteiger partial charge in [-0.3, -0.25) is 10.1 Å². The minimum absolute atomic E-state index is 0.0682. The van der Waals surface area contributed by atoms with Crippen LogP contribution in [0.2, 0.25) is 0 Å². The van der Waals surface area contributed by atoms with Gasteiger partial charge in [-0.25, -0.2) is 4.39 Å². The van der Waals surface area contributed by atoms with E-state index in [1.807, 2.05) is 0 Å². The molecule has 2 rings (SSSR count). The molecule has 0 saturated heterocycles. The fraction of sp³-hybridized carbons (Fsp3) is 0.0909. The van der Waals surface area contributed by atoms with Crippen molar-refractivity contribution in [1.82, 2.24) is 0 Å². The molecule has 0 spiro atoms. The van der Waals surface area contributed by atoms with Crippen molar-refractivity contribution >= 4 is 16.5 Å². The third-order valence-corrected chi connectivity index (χ3v) is 2.29. The van der Waals surface area contributed by atoms with Crippen molar-refractivity contribution in [3.63, 3.8) is 0 Å². The maximum Gasteiger partial charge on any atom is 0.270 e. The number of fused-ring (bicyclic) bond motifs is 1. The van der Waals surface area contributed by atoms with Gasteiger partial charge in [0.05, 0.1) is 4.92 Å². The Kier molecular flexibility index (Phi) is 2.33. The lowest BCUT2D eigenvalue weighted by molar-refractivity contribution is -0.384. The summed E-state index contributed by atoms with van der Waals surface area (Å²) in [6.07, 6.45) is 0. The fourth-order valence-corrected chi connectivity index (χ4v) is 1.59. The lowest BCUT2D eigenvalue weighted by atomic mass is 10.0. The maximum absolute atomic E-state index is 12.7. The van der Waals surface area contributed by atoms with Crippen LogP contribution in [0.5, 0.6) is 0 Å². The number of rotatable bonds is 2. The van der Waals surface area contributed by atoms with E-state index in [1.54, 1.807) is 24.3 Å². The predicted molar refractivity (Wildman–Crippen MR) is 55.4 cm³/mol. The molecule has 0 aliphatic rings. The number of nitrogens with zero attached hydrogens (tertiary/aromatic N) is 1. The van der Waals surface area contributed by atoms with E-state index >= 15 is 0 Å². The molecule has 0 heterocycles. The molecule has 3 nitrogen and oxygen atoms in total. The molecule has 2 aromatic rings. The minimum atomic E-state index is -0.692. The number of hydrogen-bond donors (Lipinski definition) is 0. The van der Waals surface area contributed by atoms with E-state index in [-0.39, 0.29) is 5.69 Å². The van der Waals surface area contributed by atoms with Gasteiger partial charge in [-0.15, -0.1) is 0 Å². The van der Waals surface area contributed by atoms with Crippen LogP contribution in [0.3, 0.4) is 0 Å². The van der Waals surface area contributed by atoms with Crippen LogP contribution in [-0.4, -0.2) is 4.92 Å². The van der Waals surface area contributed by atoms with Crippen molar-refractivity contribution in [1.29, 1.82) is 0 Å². The molecule has 0 aliphatic carbocycles. The number of halogens is 1. The zero-order chi connectivity index (χ0) is 10.8. The van der Waals surface area contributed by atoms with Gasteiger partial charge in [0.15, 0.2) is 0 Å². The Morgan fingerprint density at radius 2 is 2.00 bits per heavy atom. The van der Waals surface area contributed by atoms with Gasteiger partial charge in [-0.05, 0) is 16.3 Å². The van der Waals surface area contributed by atoms with E-state index in [9.17, 15) is 14.5 Å². The molecule has 0 aliphatic heterocycles. The second kappa shape index (κ2) is 3.65. The second-order valence-corrected chi connectivity index (χ2v) is 3.22. The largest absolute Gasteiger partial charge is 0.270 e. The van der Waals surface area contributed by atoms with Gasteiger partial charge >= 0.3 is 0 Å². The molecule has 0 bridgehead atoms. The summed E-state index contributed by atoms with van der Waals surface area (Å²) in [4.78, 5) is 10.1.